The number of hydrogen-bond donors (Lipinski definition) is 2. The van der Waals surface area contributed by atoms with Gasteiger partial charge in [-0.05, 0) is 51.5 Å². The topological polar surface area (TPSA) is 97.1 Å². The Morgan fingerprint density at radius 3 is 2.47 bits per heavy atom. The standard InChI is InChI=1S/C19H25F3N4O3S/c1-12(2)30(27,28)23-11-13-7-9-14(10-8-13)24-18-25-17(26-29-18)15-5-3-4-6-16(15)19(20,21)22/h3-6,12-14,23H,7-11H2,1-2H3,(H,24,25,26). The van der Waals surface area contributed by atoms with E-state index >= 15 is 0 Å². The highest BCUT2D eigenvalue weighted by Crippen LogP contribution is 2.36. The number of rotatable bonds is 7. The number of hydrogen-bond acceptors (Lipinski definition) is 6. The molecule has 7 nitrogen and oxygen atoms in total. The zero-order valence-electron chi connectivity index (χ0n) is 16.7. The molecule has 30 heavy (non-hydrogen) atoms. The van der Waals surface area contributed by atoms with E-state index in [0.717, 1.165) is 31.7 Å². The van der Waals surface area contributed by atoms with Crippen LogP contribution in [0.3, 0.4) is 0 Å². The third-order valence-corrected chi connectivity index (χ3v) is 7.08. The minimum absolute atomic E-state index is 0.0362. The fraction of sp³-hybridized carbons (Fsp3) is 0.579. The highest BCUT2D eigenvalue weighted by atomic mass is 32.2. The van der Waals surface area contributed by atoms with Gasteiger partial charge in [0.15, 0.2) is 0 Å². The lowest BCUT2D eigenvalue weighted by Gasteiger charge is -2.28. The molecule has 1 aromatic carbocycles. The van der Waals surface area contributed by atoms with Crippen LogP contribution in [0.4, 0.5) is 19.2 Å². The van der Waals surface area contributed by atoms with E-state index in [4.69, 9.17) is 4.52 Å². The van der Waals surface area contributed by atoms with Crippen molar-refractivity contribution in [1.29, 1.82) is 0 Å². The summed E-state index contributed by atoms with van der Waals surface area (Å²) in [6, 6.07) is 5.20. The van der Waals surface area contributed by atoms with Crippen LogP contribution < -0.4 is 10.0 Å². The summed E-state index contributed by atoms with van der Waals surface area (Å²) >= 11 is 0. The number of aromatic nitrogens is 2. The average molecular weight is 446 g/mol. The number of sulfonamides is 1. The van der Waals surface area contributed by atoms with E-state index in [-0.39, 0.29) is 29.4 Å². The van der Waals surface area contributed by atoms with E-state index in [1.54, 1.807) is 13.8 Å². The molecule has 1 aliphatic rings. The first-order valence-corrected chi connectivity index (χ1v) is 11.4. The van der Waals surface area contributed by atoms with E-state index in [0.29, 0.717) is 6.54 Å². The molecule has 166 valence electrons. The van der Waals surface area contributed by atoms with Gasteiger partial charge in [-0.2, -0.15) is 18.2 Å². The van der Waals surface area contributed by atoms with Gasteiger partial charge >= 0.3 is 12.2 Å². The van der Waals surface area contributed by atoms with E-state index in [1.807, 2.05) is 0 Å². The number of benzene rings is 1. The number of nitrogens with one attached hydrogen (secondary N) is 2. The third kappa shape index (κ3) is 5.51. The second kappa shape index (κ2) is 8.93. The smallest absolute Gasteiger partial charge is 0.335 e. The largest absolute Gasteiger partial charge is 0.417 e. The maximum absolute atomic E-state index is 13.2. The number of alkyl halides is 3. The summed E-state index contributed by atoms with van der Waals surface area (Å²) in [4.78, 5) is 4.08. The Hall–Kier alpha value is -2.14. The zero-order chi connectivity index (χ0) is 21.9. The highest BCUT2D eigenvalue weighted by molar-refractivity contribution is 7.90. The van der Waals surface area contributed by atoms with Crippen LogP contribution in [0.5, 0.6) is 0 Å². The summed E-state index contributed by atoms with van der Waals surface area (Å²) in [7, 11) is -3.28. The molecule has 11 heteroatoms. The molecule has 1 saturated carbocycles. The van der Waals surface area contributed by atoms with Gasteiger partial charge in [-0.25, -0.2) is 13.1 Å². The Morgan fingerprint density at radius 1 is 1.17 bits per heavy atom. The molecule has 0 radical (unpaired) electrons. The van der Waals surface area contributed by atoms with Crippen molar-refractivity contribution in [2.24, 2.45) is 5.92 Å². The first-order chi connectivity index (χ1) is 14.1. The maximum Gasteiger partial charge on any atom is 0.417 e. The third-order valence-electron chi connectivity index (χ3n) is 5.27. The van der Waals surface area contributed by atoms with Crippen molar-refractivity contribution in [3.63, 3.8) is 0 Å². The van der Waals surface area contributed by atoms with Gasteiger partial charge in [0.05, 0.1) is 10.8 Å². The Kier molecular flexibility index (Phi) is 6.71. The summed E-state index contributed by atoms with van der Waals surface area (Å²) in [5, 5.41) is 6.30. The van der Waals surface area contributed by atoms with Gasteiger partial charge in [0.2, 0.25) is 15.8 Å². The lowest BCUT2D eigenvalue weighted by Crippen LogP contribution is -2.37. The zero-order valence-corrected chi connectivity index (χ0v) is 17.6. The summed E-state index contributed by atoms with van der Waals surface area (Å²) in [5.41, 5.74) is -0.954. The fourth-order valence-electron chi connectivity index (χ4n) is 3.40. The molecule has 0 saturated heterocycles. The second-order valence-corrected chi connectivity index (χ2v) is 10.1. The summed E-state index contributed by atoms with van der Waals surface area (Å²) in [6.07, 6.45) is -1.34. The van der Waals surface area contributed by atoms with E-state index in [1.165, 1.54) is 18.2 Å². The van der Waals surface area contributed by atoms with Crippen molar-refractivity contribution >= 4 is 16.0 Å². The molecule has 0 spiro atoms. The molecule has 0 atom stereocenters. The van der Waals surface area contributed by atoms with Crippen LogP contribution in [0.25, 0.3) is 11.4 Å². The molecule has 0 aliphatic heterocycles. The van der Waals surface area contributed by atoms with Gasteiger partial charge in [-0.3, -0.25) is 0 Å². The molecule has 3 rings (SSSR count). The number of nitrogens with zero attached hydrogens (tertiary/aromatic N) is 2. The average Bonchev–Trinajstić information content (AvgIpc) is 3.15. The summed E-state index contributed by atoms with van der Waals surface area (Å²) < 4.78 is 71.0. The monoisotopic (exact) mass is 446 g/mol. The molecular weight excluding hydrogens is 421 g/mol. The van der Waals surface area contributed by atoms with Crippen molar-refractivity contribution in [3.8, 4) is 11.4 Å². The molecule has 1 heterocycles. The molecular formula is C19H25F3N4O3S. The Bertz CT molecular complexity index is 952. The van der Waals surface area contributed by atoms with Crippen LogP contribution in [-0.4, -0.2) is 36.4 Å². The van der Waals surface area contributed by atoms with Crippen molar-refractivity contribution in [2.75, 3.05) is 11.9 Å². The summed E-state index contributed by atoms with van der Waals surface area (Å²) in [6.45, 7) is 3.68. The molecule has 1 aliphatic carbocycles. The minimum Gasteiger partial charge on any atom is -0.335 e. The predicted molar refractivity (Wildman–Crippen MR) is 106 cm³/mol. The second-order valence-electron chi connectivity index (χ2n) is 7.77. The lowest BCUT2D eigenvalue weighted by molar-refractivity contribution is -0.137. The van der Waals surface area contributed by atoms with Crippen molar-refractivity contribution < 1.29 is 26.1 Å². The first-order valence-electron chi connectivity index (χ1n) is 9.81. The van der Waals surface area contributed by atoms with Gasteiger partial charge in [-0.15, -0.1) is 0 Å². The Labute approximate surface area is 173 Å². The number of halogens is 3. The number of anilines is 1. The molecule has 2 N–H and O–H groups in total. The minimum atomic E-state index is -4.51. The predicted octanol–water partition coefficient (Wildman–Crippen LogP) is 4.05. The summed E-state index contributed by atoms with van der Waals surface area (Å²) in [5.74, 6) is 0.121. The molecule has 1 fully saturated rings. The Morgan fingerprint density at radius 2 is 1.83 bits per heavy atom. The van der Waals surface area contributed by atoms with Crippen LogP contribution in [0.1, 0.15) is 45.1 Å². The van der Waals surface area contributed by atoms with E-state index in [2.05, 4.69) is 20.2 Å². The van der Waals surface area contributed by atoms with Crippen LogP contribution in [0.15, 0.2) is 28.8 Å². The van der Waals surface area contributed by atoms with Crippen LogP contribution >= 0.6 is 0 Å². The normalized spacial score (nSPS) is 20.5. The van der Waals surface area contributed by atoms with Crippen LogP contribution in [0, 0.1) is 5.92 Å². The van der Waals surface area contributed by atoms with Crippen LogP contribution in [0.2, 0.25) is 0 Å². The van der Waals surface area contributed by atoms with E-state index in [9.17, 15) is 21.6 Å². The van der Waals surface area contributed by atoms with Gasteiger partial charge < -0.3 is 9.84 Å². The molecule has 0 amide bonds. The SMILES string of the molecule is CC(C)S(=O)(=O)NCC1CCC(Nc2nc(-c3ccccc3C(F)(F)F)no2)CC1. The quantitative estimate of drug-likeness (QED) is 0.666. The lowest BCUT2D eigenvalue weighted by atomic mass is 9.86. The van der Waals surface area contributed by atoms with Crippen molar-refractivity contribution in [2.45, 2.75) is 57.0 Å². The van der Waals surface area contributed by atoms with Gasteiger partial charge in [0, 0.05) is 18.2 Å². The van der Waals surface area contributed by atoms with Crippen molar-refractivity contribution in [3.05, 3.63) is 29.8 Å². The molecule has 1 aromatic heterocycles. The Balaban J connectivity index is 1.56. The molecule has 0 bridgehead atoms. The first kappa shape index (κ1) is 22.5. The molecule has 2 aromatic rings. The van der Waals surface area contributed by atoms with Crippen molar-refractivity contribution in [1.82, 2.24) is 14.9 Å². The van der Waals surface area contributed by atoms with Gasteiger partial charge in [0.1, 0.15) is 0 Å². The van der Waals surface area contributed by atoms with Gasteiger partial charge in [-0.1, -0.05) is 23.4 Å². The van der Waals surface area contributed by atoms with E-state index < -0.39 is 27.0 Å². The highest BCUT2D eigenvalue weighted by Gasteiger charge is 2.34. The van der Waals surface area contributed by atoms with Crippen LogP contribution in [-0.2, 0) is 16.2 Å². The fourth-order valence-corrected chi connectivity index (χ4v) is 4.20. The maximum atomic E-state index is 13.2. The molecule has 0 unspecified atom stereocenters. The van der Waals surface area contributed by atoms with Gasteiger partial charge in [0.25, 0.3) is 0 Å².